The lowest BCUT2D eigenvalue weighted by Crippen LogP contribution is -2.46. The summed E-state index contributed by atoms with van der Waals surface area (Å²) in [6, 6.07) is 3.49. The Morgan fingerprint density at radius 1 is 1.21 bits per heavy atom. The van der Waals surface area contributed by atoms with Crippen molar-refractivity contribution < 1.29 is 0 Å². The van der Waals surface area contributed by atoms with Crippen molar-refractivity contribution in [1.29, 1.82) is 0 Å². The number of hydrogen-bond acceptors (Lipinski definition) is 7. The first-order valence-corrected chi connectivity index (χ1v) is 9.93. The van der Waals surface area contributed by atoms with Crippen molar-refractivity contribution in [3.8, 4) is 0 Å². The van der Waals surface area contributed by atoms with Crippen LogP contribution in [0.5, 0.6) is 0 Å². The topological polar surface area (TPSA) is 103 Å². The molecule has 1 fully saturated rings. The molecule has 0 amide bonds. The summed E-state index contributed by atoms with van der Waals surface area (Å²) in [4.78, 5) is 31.3. The van der Waals surface area contributed by atoms with Gasteiger partial charge in [-0.3, -0.25) is 23.7 Å². The van der Waals surface area contributed by atoms with E-state index in [4.69, 9.17) is 0 Å². The maximum atomic E-state index is 12.5. The number of likely N-dealkylation sites (tertiary alicyclic amines) is 1. The number of piperidine rings is 1. The largest absolute Gasteiger partial charge is 0.354 e. The van der Waals surface area contributed by atoms with Crippen LogP contribution in [-0.2, 0) is 20.6 Å². The third-order valence-electron chi connectivity index (χ3n) is 5.50. The van der Waals surface area contributed by atoms with E-state index in [0.29, 0.717) is 36.1 Å². The lowest BCUT2D eigenvalue weighted by Gasteiger charge is -2.35. The van der Waals surface area contributed by atoms with Crippen LogP contribution in [0.25, 0.3) is 11.0 Å². The number of aromatic nitrogens is 6. The zero-order valence-electron chi connectivity index (χ0n) is 16.8. The van der Waals surface area contributed by atoms with E-state index in [-0.39, 0.29) is 11.1 Å². The van der Waals surface area contributed by atoms with Gasteiger partial charge >= 0.3 is 0 Å². The van der Waals surface area contributed by atoms with Gasteiger partial charge in [0.2, 0.25) is 5.95 Å². The molecule has 1 atom stereocenters. The molecule has 0 aliphatic carbocycles. The number of aryl methyl sites for hydroxylation is 1. The zero-order chi connectivity index (χ0) is 20.4. The van der Waals surface area contributed by atoms with Crippen LogP contribution in [-0.4, -0.2) is 59.7 Å². The normalized spacial score (nSPS) is 17.7. The molecule has 29 heavy (non-hydrogen) atoms. The van der Waals surface area contributed by atoms with Gasteiger partial charge in [0.1, 0.15) is 5.39 Å². The summed E-state index contributed by atoms with van der Waals surface area (Å²) in [6.45, 7) is 2.98. The van der Waals surface area contributed by atoms with E-state index in [1.54, 1.807) is 37.2 Å². The Bertz CT molecular complexity index is 1120. The van der Waals surface area contributed by atoms with Crippen molar-refractivity contribution in [2.75, 3.05) is 25.0 Å². The summed E-state index contributed by atoms with van der Waals surface area (Å²) in [7, 11) is 3.50. The molecular formula is C19H26N8O2. The molecule has 0 saturated carbocycles. The summed E-state index contributed by atoms with van der Waals surface area (Å²) in [5, 5.41) is 12.3. The van der Waals surface area contributed by atoms with E-state index in [2.05, 4.69) is 25.4 Å². The molecule has 4 heterocycles. The van der Waals surface area contributed by atoms with Crippen molar-refractivity contribution in [3.63, 3.8) is 0 Å². The molecule has 0 bridgehead atoms. The van der Waals surface area contributed by atoms with Gasteiger partial charge in [0.25, 0.3) is 11.1 Å². The summed E-state index contributed by atoms with van der Waals surface area (Å²) in [5.74, 6) is 0.521. The Morgan fingerprint density at radius 2 is 2.07 bits per heavy atom. The predicted molar refractivity (Wildman–Crippen MR) is 110 cm³/mol. The fourth-order valence-corrected chi connectivity index (χ4v) is 3.89. The minimum atomic E-state index is -0.111. The molecule has 4 rings (SSSR count). The SMILES string of the molecule is Cn1cc2c(=O)n(C)c(NCC3CCCCN3CCn3ncccc3=O)nc2n1. The summed E-state index contributed by atoms with van der Waals surface area (Å²) in [6.07, 6.45) is 6.69. The molecule has 1 N–H and O–H groups in total. The summed E-state index contributed by atoms with van der Waals surface area (Å²) < 4.78 is 4.63. The van der Waals surface area contributed by atoms with Gasteiger partial charge in [-0.2, -0.15) is 15.2 Å². The van der Waals surface area contributed by atoms with Crippen LogP contribution in [0.3, 0.4) is 0 Å². The van der Waals surface area contributed by atoms with Crippen molar-refractivity contribution in [2.24, 2.45) is 14.1 Å². The number of rotatable bonds is 6. The average Bonchev–Trinajstić information content (AvgIpc) is 3.10. The Morgan fingerprint density at radius 3 is 2.90 bits per heavy atom. The van der Waals surface area contributed by atoms with E-state index in [0.717, 1.165) is 32.4 Å². The van der Waals surface area contributed by atoms with Gasteiger partial charge in [-0.1, -0.05) is 6.42 Å². The Hall–Kier alpha value is -3.01. The highest BCUT2D eigenvalue weighted by molar-refractivity contribution is 5.74. The molecule has 10 nitrogen and oxygen atoms in total. The van der Waals surface area contributed by atoms with Gasteiger partial charge in [0.15, 0.2) is 5.65 Å². The fraction of sp³-hybridized carbons (Fsp3) is 0.526. The van der Waals surface area contributed by atoms with Gasteiger partial charge in [0, 0.05) is 51.7 Å². The standard InChI is InChI=1S/C19H26N8O2/c1-24-13-15-17(23-24)22-19(25(2)18(15)29)20-12-14-6-3-4-9-26(14)10-11-27-16(28)7-5-8-21-27/h5,7-8,13-14H,3-4,6,9-12H2,1-2H3,(H,20,22,23). The van der Waals surface area contributed by atoms with Crippen molar-refractivity contribution in [3.05, 3.63) is 45.2 Å². The number of hydrogen-bond donors (Lipinski definition) is 1. The molecule has 0 aromatic carbocycles. The molecule has 3 aromatic rings. The third-order valence-corrected chi connectivity index (χ3v) is 5.50. The molecule has 1 unspecified atom stereocenters. The van der Waals surface area contributed by atoms with Crippen molar-refractivity contribution in [2.45, 2.75) is 31.8 Å². The highest BCUT2D eigenvalue weighted by Gasteiger charge is 2.23. The van der Waals surface area contributed by atoms with Crippen LogP contribution in [0, 0.1) is 0 Å². The number of fused-ring (bicyclic) bond motifs is 1. The van der Waals surface area contributed by atoms with Gasteiger partial charge in [-0.15, -0.1) is 0 Å². The highest BCUT2D eigenvalue weighted by atomic mass is 16.1. The lowest BCUT2D eigenvalue weighted by molar-refractivity contribution is 0.148. The quantitative estimate of drug-likeness (QED) is 0.632. The second kappa shape index (κ2) is 8.16. The van der Waals surface area contributed by atoms with Gasteiger partial charge in [-0.25, -0.2) is 4.68 Å². The number of anilines is 1. The summed E-state index contributed by atoms with van der Waals surface area (Å²) in [5.41, 5.74) is 0.260. The molecule has 0 radical (unpaired) electrons. The maximum absolute atomic E-state index is 12.5. The van der Waals surface area contributed by atoms with Crippen molar-refractivity contribution in [1.82, 2.24) is 34.0 Å². The minimum absolute atomic E-state index is 0.0814. The van der Waals surface area contributed by atoms with E-state index in [1.807, 2.05) is 0 Å². The van der Waals surface area contributed by atoms with Crippen LogP contribution < -0.4 is 16.4 Å². The molecule has 154 valence electrons. The van der Waals surface area contributed by atoms with E-state index in [1.165, 1.54) is 15.3 Å². The van der Waals surface area contributed by atoms with Gasteiger partial charge < -0.3 is 5.32 Å². The lowest BCUT2D eigenvalue weighted by atomic mass is 10.0. The fourth-order valence-electron chi connectivity index (χ4n) is 3.89. The number of nitrogens with one attached hydrogen (secondary N) is 1. The molecule has 0 spiro atoms. The molecule has 1 aliphatic rings. The van der Waals surface area contributed by atoms with E-state index < -0.39 is 0 Å². The highest BCUT2D eigenvalue weighted by Crippen LogP contribution is 2.17. The van der Waals surface area contributed by atoms with Crippen LogP contribution in [0.1, 0.15) is 19.3 Å². The predicted octanol–water partition coefficient (Wildman–Crippen LogP) is 0.190. The summed E-state index contributed by atoms with van der Waals surface area (Å²) >= 11 is 0. The first-order chi connectivity index (χ1) is 14.0. The minimum Gasteiger partial charge on any atom is -0.354 e. The van der Waals surface area contributed by atoms with Crippen LogP contribution in [0.15, 0.2) is 34.1 Å². The smallest absolute Gasteiger partial charge is 0.266 e. The van der Waals surface area contributed by atoms with E-state index >= 15 is 0 Å². The first-order valence-electron chi connectivity index (χ1n) is 9.93. The Balaban J connectivity index is 1.45. The van der Waals surface area contributed by atoms with Crippen LogP contribution >= 0.6 is 0 Å². The molecule has 10 heteroatoms. The maximum Gasteiger partial charge on any atom is 0.266 e. The number of nitrogens with zero attached hydrogens (tertiary/aromatic N) is 7. The average molecular weight is 398 g/mol. The van der Waals surface area contributed by atoms with Crippen LogP contribution in [0.2, 0.25) is 0 Å². The second-order valence-corrected chi connectivity index (χ2v) is 7.49. The monoisotopic (exact) mass is 398 g/mol. The molecule has 1 saturated heterocycles. The second-order valence-electron chi connectivity index (χ2n) is 7.49. The van der Waals surface area contributed by atoms with Crippen LogP contribution in [0.4, 0.5) is 5.95 Å². The first kappa shape index (κ1) is 19.3. The Kier molecular flexibility index (Phi) is 5.43. The zero-order valence-corrected chi connectivity index (χ0v) is 16.8. The third kappa shape index (κ3) is 4.07. The molecular weight excluding hydrogens is 372 g/mol. The molecule has 3 aromatic heterocycles. The Labute approximate surface area is 167 Å². The molecule has 1 aliphatic heterocycles. The van der Waals surface area contributed by atoms with Gasteiger partial charge in [0.05, 0.1) is 6.54 Å². The van der Waals surface area contributed by atoms with Crippen molar-refractivity contribution >= 4 is 17.0 Å². The van der Waals surface area contributed by atoms with E-state index in [9.17, 15) is 9.59 Å². The van der Waals surface area contributed by atoms with Gasteiger partial charge in [-0.05, 0) is 25.5 Å².